The number of amides is 1. The van der Waals surface area contributed by atoms with E-state index in [-0.39, 0.29) is 24.6 Å². The number of nitrogens with one attached hydrogen (secondary N) is 2. The molecule has 4 aromatic rings. The molecule has 0 atom stereocenters. The summed E-state index contributed by atoms with van der Waals surface area (Å²) >= 11 is 0. The Bertz CT molecular complexity index is 1470. The van der Waals surface area contributed by atoms with Crippen molar-refractivity contribution >= 4 is 11.9 Å². The van der Waals surface area contributed by atoms with Gasteiger partial charge in [-0.15, -0.1) is 5.10 Å². The largest absolute Gasteiger partial charge is 0.470 e. The SMILES string of the molecule is CN1CC(Oc2nn(CC(=O)N3CCc4n[nH]nc4C3)cc2-c2cnc(NC3Cc4ccccc4C3)nc2)C1. The second-order valence-electron chi connectivity index (χ2n) is 10.6. The van der Waals surface area contributed by atoms with E-state index in [4.69, 9.17) is 4.74 Å². The molecule has 1 aromatic carbocycles. The first kappa shape index (κ1) is 23.8. The third-order valence-electron chi connectivity index (χ3n) is 7.70. The number of anilines is 1. The molecule has 3 aliphatic rings. The van der Waals surface area contributed by atoms with Crippen LogP contribution in [-0.2, 0) is 37.1 Å². The maximum absolute atomic E-state index is 13.1. The maximum Gasteiger partial charge on any atom is 0.244 e. The lowest BCUT2D eigenvalue weighted by Gasteiger charge is -2.35. The van der Waals surface area contributed by atoms with Crippen molar-refractivity contribution in [3.63, 3.8) is 0 Å². The van der Waals surface area contributed by atoms with Crippen LogP contribution in [0, 0.1) is 0 Å². The van der Waals surface area contributed by atoms with E-state index in [9.17, 15) is 4.79 Å². The fourth-order valence-corrected chi connectivity index (χ4v) is 5.58. The highest BCUT2D eigenvalue weighted by molar-refractivity contribution is 5.76. The van der Waals surface area contributed by atoms with E-state index in [0.29, 0.717) is 31.3 Å². The van der Waals surface area contributed by atoms with Crippen LogP contribution in [-0.4, -0.2) is 89.7 Å². The van der Waals surface area contributed by atoms with Crippen LogP contribution in [0.3, 0.4) is 0 Å². The van der Waals surface area contributed by atoms with Crippen LogP contribution in [0.25, 0.3) is 11.1 Å². The van der Waals surface area contributed by atoms with Gasteiger partial charge in [-0.1, -0.05) is 24.3 Å². The number of fused-ring (bicyclic) bond motifs is 2. The minimum absolute atomic E-state index is 0.0269. The molecule has 12 heteroatoms. The van der Waals surface area contributed by atoms with Crippen molar-refractivity contribution in [3.8, 4) is 17.0 Å². The van der Waals surface area contributed by atoms with Gasteiger partial charge in [0.25, 0.3) is 0 Å². The van der Waals surface area contributed by atoms with Gasteiger partial charge < -0.3 is 15.0 Å². The van der Waals surface area contributed by atoms with Crippen LogP contribution < -0.4 is 10.1 Å². The predicted octanol–water partition coefficient (Wildman–Crippen LogP) is 1.32. The van der Waals surface area contributed by atoms with Gasteiger partial charge >= 0.3 is 0 Å². The summed E-state index contributed by atoms with van der Waals surface area (Å²) < 4.78 is 7.88. The molecule has 3 aromatic heterocycles. The van der Waals surface area contributed by atoms with Crippen LogP contribution in [0.15, 0.2) is 42.9 Å². The Balaban J connectivity index is 1.07. The molecule has 0 saturated carbocycles. The van der Waals surface area contributed by atoms with E-state index < -0.39 is 0 Å². The highest BCUT2D eigenvalue weighted by Crippen LogP contribution is 2.31. The number of carbonyl (C=O) groups is 1. The Kier molecular flexibility index (Phi) is 5.95. The molecule has 0 bridgehead atoms. The van der Waals surface area contributed by atoms with Gasteiger partial charge in [-0.25, -0.2) is 9.97 Å². The van der Waals surface area contributed by atoms with Crippen molar-refractivity contribution in [2.45, 2.75) is 44.5 Å². The Morgan fingerprint density at radius 2 is 1.85 bits per heavy atom. The van der Waals surface area contributed by atoms with Gasteiger partial charge in [0.15, 0.2) is 0 Å². The first-order chi connectivity index (χ1) is 19.1. The zero-order valence-electron chi connectivity index (χ0n) is 21.7. The smallest absolute Gasteiger partial charge is 0.244 e. The quantitative estimate of drug-likeness (QED) is 0.366. The van der Waals surface area contributed by atoms with Crippen LogP contribution in [0.4, 0.5) is 5.95 Å². The normalized spacial score (nSPS) is 17.5. The summed E-state index contributed by atoms with van der Waals surface area (Å²) in [6.07, 6.45) is 8.10. The molecule has 1 saturated heterocycles. The molecular formula is C27H30N10O2. The monoisotopic (exact) mass is 526 g/mol. The van der Waals surface area contributed by atoms with Gasteiger partial charge in [0.2, 0.25) is 17.7 Å². The van der Waals surface area contributed by atoms with E-state index in [1.54, 1.807) is 22.0 Å². The number of hydrogen-bond acceptors (Lipinski definition) is 9. The fraction of sp³-hybridized carbons (Fsp3) is 0.407. The number of aromatic nitrogens is 7. The summed E-state index contributed by atoms with van der Waals surface area (Å²) in [7, 11) is 2.05. The minimum atomic E-state index is -0.0269. The minimum Gasteiger partial charge on any atom is -0.470 e. The molecule has 0 radical (unpaired) electrons. The Hall–Kier alpha value is -4.32. The van der Waals surface area contributed by atoms with Gasteiger partial charge in [0, 0.05) is 56.3 Å². The van der Waals surface area contributed by atoms with E-state index in [1.165, 1.54) is 11.1 Å². The van der Waals surface area contributed by atoms with E-state index in [1.807, 2.05) is 6.20 Å². The number of aromatic amines is 1. The number of nitrogens with zero attached hydrogens (tertiary/aromatic N) is 8. The number of hydrogen-bond donors (Lipinski definition) is 2. The second-order valence-corrected chi connectivity index (χ2v) is 10.6. The first-order valence-corrected chi connectivity index (χ1v) is 13.3. The number of likely N-dealkylation sites (tertiary alicyclic amines) is 1. The van der Waals surface area contributed by atoms with Crippen molar-refractivity contribution in [2.24, 2.45) is 0 Å². The average Bonchev–Trinajstić information content (AvgIpc) is 3.66. The number of ether oxygens (including phenoxy) is 1. The summed E-state index contributed by atoms with van der Waals surface area (Å²) in [5.41, 5.74) is 6.07. The summed E-state index contributed by atoms with van der Waals surface area (Å²) in [5.74, 6) is 1.06. The number of carbonyl (C=O) groups excluding carboxylic acids is 1. The highest BCUT2D eigenvalue weighted by atomic mass is 16.5. The molecule has 0 unspecified atom stereocenters. The standard InChI is InChI=1S/C27H30N10O2/c1-35-12-21(13-35)39-26-22(14-37(33-26)16-25(38)36-7-6-23-24(15-36)32-34-31-23)19-10-28-27(29-11-19)30-20-8-17-4-2-3-5-18(17)9-20/h2-5,10-11,14,20-21H,6-9,12-13,15-16H2,1H3,(H,28,29,30)(H,31,32,34). The number of H-pyrrole nitrogens is 1. The van der Waals surface area contributed by atoms with E-state index in [0.717, 1.165) is 48.4 Å². The van der Waals surface area contributed by atoms with Gasteiger partial charge in [0.1, 0.15) is 18.3 Å². The van der Waals surface area contributed by atoms with Crippen LogP contribution in [0.2, 0.25) is 0 Å². The molecule has 39 heavy (non-hydrogen) atoms. The van der Waals surface area contributed by atoms with Crippen LogP contribution in [0.1, 0.15) is 22.5 Å². The Morgan fingerprint density at radius 3 is 2.59 bits per heavy atom. The number of benzene rings is 1. The van der Waals surface area contributed by atoms with E-state index >= 15 is 0 Å². The molecule has 12 nitrogen and oxygen atoms in total. The van der Waals surface area contributed by atoms with Crippen LogP contribution in [0.5, 0.6) is 5.88 Å². The van der Waals surface area contributed by atoms with Gasteiger partial charge in [-0.2, -0.15) is 15.4 Å². The number of rotatable bonds is 7. The topological polar surface area (TPSA) is 130 Å². The zero-order chi connectivity index (χ0) is 26.3. The molecule has 2 N–H and O–H groups in total. The van der Waals surface area contributed by atoms with E-state index in [2.05, 4.69) is 72.0 Å². The van der Waals surface area contributed by atoms with Crippen molar-refractivity contribution in [2.75, 3.05) is 32.0 Å². The summed E-state index contributed by atoms with van der Waals surface area (Å²) in [6.45, 7) is 2.84. The lowest BCUT2D eigenvalue weighted by atomic mass is 10.1. The molecule has 7 rings (SSSR count). The lowest BCUT2D eigenvalue weighted by Crippen LogP contribution is -2.51. The van der Waals surface area contributed by atoms with Gasteiger partial charge in [-0.3, -0.25) is 14.4 Å². The maximum atomic E-state index is 13.1. The van der Waals surface area contributed by atoms with Gasteiger partial charge in [-0.05, 0) is 31.0 Å². The summed E-state index contributed by atoms with van der Waals surface area (Å²) in [4.78, 5) is 26.3. The molecule has 0 spiro atoms. The van der Waals surface area contributed by atoms with Crippen LogP contribution >= 0.6 is 0 Å². The summed E-state index contributed by atoms with van der Waals surface area (Å²) in [5, 5.41) is 19.1. The molecule has 200 valence electrons. The lowest BCUT2D eigenvalue weighted by molar-refractivity contribution is -0.133. The Labute approximate surface area is 225 Å². The van der Waals surface area contributed by atoms with Crippen molar-refractivity contribution < 1.29 is 9.53 Å². The third-order valence-corrected chi connectivity index (χ3v) is 7.70. The predicted molar refractivity (Wildman–Crippen MR) is 142 cm³/mol. The number of likely N-dealkylation sites (N-methyl/N-ethyl adjacent to an activating group) is 1. The fourth-order valence-electron chi connectivity index (χ4n) is 5.58. The van der Waals surface area contributed by atoms with Gasteiger partial charge in [0.05, 0.1) is 17.8 Å². The van der Waals surface area contributed by atoms with Crippen molar-refractivity contribution in [3.05, 3.63) is 65.4 Å². The molecule has 2 aliphatic heterocycles. The molecule has 5 heterocycles. The highest BCUT2D eigenvalue weighted by Gasteiger charge is 2.29. The molecule has 1 amide bonds. The second kappa shape index (κ2) is 9.77. The first-order valence-electron chi connectivity index (χ1n) is 13.3. The molecule has 1 fully saturated rings. The third kappa shape index (κ3) is 4.83. The Morgan fingerprint density at radius 1 is 1.10 bits per heavy atom. The molecule has 1 aliphatic carbocycles. The van der Waals surface area contributed by atoms with Crippen molar-refractivity contribution in [1.82, 2.24) is 45.0 Å². The molecular weight excluding hydrogens is 496 g/mol. The zero-order valence-corrected chi connectivity index (χ0v) is 21.7. The summed E-state index contributed by atoms with van der Waals surface area (Å²) in [6, 6.07) is 8.81. The van der Waals surface area contributed by atoms with Crippen molar-refractivity contribution in [1.29, 1.82) is 0 Å². The average molecular weight is 527 g/mol.